The first-order valence-corrected chi connectivity index (χ1v) is 10.2. The summed E-state index contributed by atoms with van der Waals surface area (Å²) in [5, 5.41) is 11.1. The molecule has 0 heterocycles. The van der Waals surface area contributed by atoms with E-state index in [1.54, 1.807) is 0 Å². The molecule has 1 unspecified atom stereocenters. The molecule has 0 saturated heterocycles. The van der Waals surface area contributed by atoms with Crippen molar-refractivity contribution in [3.05, 3.63) is 0 Å². The molecule has 0 spiro atoms. The third kappa shape index (κ3) is 5.93. The van der Waals surface area contributed by atoms with Crippen LogP contribution in [0.25, 0.3) is 0 Å². The lowest BCUT2D eigenvalue weighted by Crippen LogP contribution is -3.00. The van der Waals surface area contributed by atoms with Gasteiger partial charge < -0.3 is 31.3 Å². The van der Waals surface area contributed by atoms with Gasteiger partial charge in [-0.25, -0.2) is 0 Å². The van der Waals surface area contributed by atoms with Crippen LogP contribution in [0.2, 0.25) is 0 Å². The lowest BCUT2D eigenvalue weighted by atomic mass is 9.71. The van der Waals surface area contributed by atoms with E-state index in [4.69, 9.17) is 4.74 Å². The van der Waals surface area contributed by atoms with Gasteiger partial charge in [-0.05, 0) is 45.4 Å². The lowest BCUT2D eigenvalue weighted by Gasteiger charge is -2.38. The second kappa shape index (κ2) is 10.3. The topological polar surface area (TPSA) is 46.5 Å². The molecule has 0 aromatic rings. The predicted octanol–water partition coefficient (Wildman–Crippen LogP) is 0.522. The Morgan fingerprint density at radius 2 is 1.68 bits per heavy atom. The van der Waals surface area contributed by atoms with E-state index >= 15 is 0 Å². The van der Waals surface area contributed by atoms with Crippen molar-refractivity contribution < 1.29 is 36.1 Å². The number of hydrogen-bond acceptors (Lipinski definition) is 3. The lowest BCUT2D eigenvalue weighted by molar-refractivity contribution is -0.906. The van der Waals surface area contributed by atoms with Crippen LogP contribution in [0.5, 0.6) is 0 Å². The second-order valence-electron chi connectivity index (χ2n) is 8.33. The first kappa shape index (κ1) is 22.9. The monoisotopic (exact) mass is 419 g/mol. The van der Waals surface area contributed by atoms with Gasteiger partial charge in [-0.15, -0.1) is 0 Å². The zero-order valence-corrected chi connectivity index (χ0v) is 18.0. The molecule has 0 aromatic carbocycles. The van der Waals surface area contributed by atoms with Crippen LogP contribution < -0.4 is 17.0 Å². The number of ether oxygens (including phenoxy) is 1. The number of nitrogens with zero attached hydrogens (tertiary/aromatic N) is 1. The summed E-state index contributed by atoms with van der Waals surface area (Å²) in [4.78, 5) is 12.9. The Balaban J connectivity index is 0.00000312. The van der Waals surface area contributed by atoms with Crippen molar-refractivity contribution in [3.63, 3.8) is 0 Å². The third-order valence-electron chi connectivity index (χ3n) is 6.83. The summed E-state index contributed by atoms with van der Waals surface area (Å²) >= 11 is 0. The standard InChI is InChI=1S/C20H38NO3.BrH/c1-4-21(3,5-2)15-16-24-19(22)18(17-11-7-6-8-12-17)20(23)13-9-10-14-20;/h17-18,23H,4-16H2,1-3H3;1H/q+1;/p-1. The SMILES string of the molecule is CC[N+](C)(CC)CCOC(=O)C(C1CCCCC1)C1(O)CCCC1.[Br-]. The van der Waals surface area contributed by atoms with Crippen molar-refractivity contribution in [2.45, 2.75) is 77.2 Å². The van der Waals surface area contributed by atoms with Crippen molar-refractivity contribution >= 4 is 5.97 Å². The first-order valence-electron chi connectivity index (χ1n) is 10.2. The van der Waals surface area contributed by atoms with Crippen LogP contribution in [0, 0.1) is 11.8 Å². The van der Waals surface area contributed by atoms with E-state index in [-0.39, 0.29) is 28.9 Å². The van der Waals surface area contributed by atoms with Crippen LogP contribution in [0.15, 0.2) is 0 Å². The van der Waals surface area contributed by atoms with Crippen LogP contribution in [0.4, 0.5) is 0 Å². The van der Waals surface area contributed by atoms with Crippen LogP contribution in [-0.4, -0.2) is 54.4 Å². The minimum Gasteiger partial charge on any atom is -1.00 e. The molecule has 2 fully saturated rings. The third-order valence-corrected chi connectivity index (χ3v) is 6.83. The van der Waals surface area contributed by atoms with Gasteiger partial charge in [0.1, 0.15) is 13.2 Å². The molecule has 2 saturated carbocycles. The molecule has 148 valence electrons. The molecule has 0 aromatic heterocycles. The Labute approximate surface area is 164 Å². The Bertz CT molecular complexity index is 400. The van der Waals surface area contributed by atoms with Crippen LogP contribution in [0.3, 0.4) is 0 Å². The number of halogens is 1. The summed E-state index contributed by atoms with van der Waals surface area (Å²) in [5.74, 6) is -0.125. The number of rotatable bonds is 8. The highest BCUT2D eigenvalue weighted by Crippen LogP contribution is 2.44. The van der Waals surface area contributed by atoms with Gasteiger partial charge in [0.2, 0.25) is 0 Å². The fraction of sp³-hybridized carbons (Fsp3) is 0.950. The van der Waals surface area contributed by atoms with E-state index in [9.17, 15) is 9.90 Å². The smallest absolute Gasteiger partial charge is 0.312 e. The van der Waals surface area contributed by atoms with Crippen LogP contribution >= 0.6 is 0 Å². The van der Waals surface area contributed by atoms with E-state index < -0.39 is 5.60 Å². The molecule has 25 heavy (non-hydrogen) atoms. The quantitative estimate of drug-likeness (QED) is 0.460. The number of carbonyl (C=O) groups excluding carboxylic acids is 1. The maximum atomic E-state index is 12.9. The highest BCUT2D eigenvalue weighted by atomic mass is 79.9. The molecule has 2 aliphatic rings. The Morgan fingerprint density at radius 3 is 2.20 bits per heavy atom. The van der Waals surface area contributed by atoms with Crippen molar-refractivity contribution in [2.24, 2.45) is 11.8 Å². The van der Waals surface area contributed by atoms with E-state index in [1.165, 1.54) is 19.3 Å². The molecule has 4 nitrogen and oxygen atoms in total. The van der Waals surface area contributed by atoms with Gasteiger partial charge in [0.15, 0.2) is 0 Å². The first-order chi connectivity index (χ1) is 11.4. The highest BCUT2D eigenvalue weighted by molar-refractivity contribution is 5.74. The van der Waals surface area contributed by atoms with Gasteiger partial charge in [-0.3, -0.25) is 4.79 Å². The maximum Gasteiger partial charge on any atom is 0.312 e. The minimum absolute atomic E-state index is 0. The maximum absolute atomic E-state index is 12.9. The molecule has 2 aliphatic carbocycles. The number of quaternary nitrogens is 1. The predicted molar refractivity (Wildman–Crippen MR) is 96.6 cm³/mol. The average molecular weight is 420 g/mol. The molecule has 1 N–H and O–H groups in total. The van der Waals surface area contributed by atoms with Gasteiger partial charge in [-0.1, -0.05) is 32.1 Å². The molecule has 0 amide bonds. The van der Waals surface area contributed by atoms with Gasteiger partial charge >= 0.3 is 5.97 Å². The number of esters is 1. The normalized spacial score (nSPS) is 22.2. The molecule has 0 bridgehead atoms. The molecule has 0 radical (unpaired) electrons. The molecule has 1 atom stereocenters. The second-order valence-corrected chi connectivity index (χ2v) is 8.33. The van der Waals surface area contributed by atoms with Crippen molar-refractivity contribution in [1.29, 1.82) is 0 Å². The van der Waals surface area contributed by atoms with Crippen molar-refractivity contribution in [1.82, 2.24) is 0 Å². The molecule has 2 rings (SSSR count). The van der Waals surface area contributed by atoms with Gasteiger partial charge in [0.05, 0.1) is 31.7 Å². The Morgan fingerprint density at radius 1 is 1.12 bits per heavy atom. The van der Waals surface area contributed by atoms with Gasteiger partial charge in [0.25, 0.3) is 0 Å². The summed E-state index contributed by atoms with van der Waals surface area (Å²) in [6, 6.07) is 0. The van der Waals surface area contributed by atoms with Gasteiger partial charge in [0, 0.05) is 0 Å². The number of likely N-dealkylation sites (N-methyl/N-ethyl adjacent to an activating group) is 1. The number of aliphatic hydroxyl groups is 1. The zero-order chi connectivity index (χ0) is 17.6. The van der Waals surface area contributed by atoms with E-state index in [0.29, 0.717) is 12.5 Å². The summed E-state index contributed by atoms with van der Waals surface area (Å²) in [6.45, 7) is 7.77. The fourth-order valence-electron chi connectivity index (χ4n) is 4.61. The Hall–Kier alpha value is -0.130. The molecular formula is C20H38BrNO3. The van der Waals surface area contributed by atoms with E-state index in [2.05, 4.69) is 20.9 Å². The van der Waals surface area contributed by atoms with E-state index in [1.807, 2.05) is 0 Å². The minimum atomic E-state index is -0.813. The summed E-state index contributed by atoms with van der Waals surface area (Å²) in [6.07, 6.45) is 9.37. The zero-order valence-electron chi connectivity index (χ0n) is 16.4. The number of carbonyl (C=O) groups is 1. The average Bonchev–Trinajstić information content (AvgIpc) is 3.03. The van der Waals surface area contributed by atoms with Gasteiger partial charge in [-0.2, -0.15) is 0 Å². The molecule has 5 heteroatoms. The fourth-order valence-corrected chi connectivity index (χ4v) is 4.61. The summed E-state index contributed by atoms with van der Waals surface area (Å²) in [5.41, 5.74) is -0.813. The Kier molecular flexibility index (Phi) is 9.41. The summed E-state index contributed by atoms with van der Waals surface area (Å²) < 4.78 is 6.64. The molecule has 0 aliphatic heterocycles. The summed E-state index contributed by atoms with van der Waals surface area (Å²) in [7, 11) is 2.21. The van der Waals surface area contributed by atoms with E-state index in [0.717, 1.165) is 62.6 Å². The number of hydrogen-bond donors (Lipinski definition) is 1. The highest BCUT2D eigenvalue weighted by Gasteiger charge is 2.48. The molecular weight excluding hydrogens is 382 g/mol. The van der Waals surface area contributed by atoms with Crippen LogP contribution in [0.1, 0.15) is 71.6 Å². The van der Waals surface area contributed by atoms with Crippen molar-refractivity contribution in [3.8, 4) is 0 Å². The largest absolute Gasteiger partial charge is 1.00 e. The van der Waals surface area contributed by atoms with Crippen LogP contribution in [-0.2, 0) is 9.53 Å². The van der Waals surface area contributed by atoms with Crippen molar-refractivity contribution in [2.75, 3.05) is 33.3 Å².